The molecule has 2 N–H and O–H groups in total. The molecular formula is C23H19F3N2O2. The second-order valence-corrected chi connectivity index (χ2v) is 6.63. The number of benzene rings is 3. The molecule has 0 heterocycles. The maximum absolute atomic E-state index is 12.9. The highest BCUT2D eigenvalue weighted by Crippen LogP contribution is 2.30. The Kier molecular flexibility index (Phi) is 6.51. The lowest BCUT2D eigenvalue weighted by Gasteiger charge is -2.19. The minimum atomic E-state index is -4.50. The largest absolute Gasteiger partial charge is 0.416 e. The summed E-state index contributed by atoms with van der Waals surface area (Å²) in [6.07, 6.45) is -4.64. The van der Waals surface area contributed by atoms with Gasteiger partial charge in [-0.3, -0.25) is 9.59 Å². The van der Waals surface area contributed by atoms with Crippen molar-refractivity contribution >= 4 is 17.5 Å². The number of anilines is 1. The summed E-state index contributed by atoms with van der Waals surface area (Å²) in [6, 6.07) is 21.2. The molecule has 0 aliphatic rings. The molecule has 0 aliphatic heterocycles. The highest BCUT2D eigenvalue weighted by Gasteiger charge is 2.30. The first-order valence-electron chi connectivity index (χ1n) is 9.21. The van der Waals surface area contributed by atoms with Crippen LogP contribution in [0, 0.1) is 0 Å². The number of carbonyl (C=O) groups excluding carboxylic acids is 2. The minimum Gasteiger partial charge on any atom is -0.345 e. The van der Waals surface area contributed by atoms with Gasteiger partial charge in [-0.2, -0.15) is 13.2 Å². The second-order valence-electron chi connectivity index (χ2n) is 6.63. The van der Waals surface area contributed by atoms with E-state index in [2.05, 4.69) is 10.6 Å². The first kappa shape index (κ1) is 21.1. The summed E-state index contributed by atoms with van der Waals surface area (Å²) >= 11 is 0. The van der Waals surface area contributed by atoms with Crippen LogP contribution in [-0.4, -0.2) is 11.8 Å². The lowest BCUT2D eigenvalue weighted by atomic mass is 10.0. The molecule has 0 radical (unpaired) electrons. The summed E-state index contributed by atoms with van der Waals surface area (Å²) < 4.78 is 38.6. The fourth-order valence-electron chi connectivity index (χ4n) is 2.94. The van der Waals surface area contributed by atoms with Crippen LogP contribution in [0.15, 0.2) is 84.9 Å². The lowest BCUT2D eigenvalue weighted by molar-refractivity contribution is -0.137. The van der Waals surface area contributed by atoms with Crippen molar-refractivity contribution in [1.82, 2.24) is 5.32 Å². The number of hydrogen-bond acceptors (Lipinski definition) is 2. The number of hydrogen-bond donors (Lipinski definition) is 2. The highest BCUT2D eigenvalue weighted by molar-refractivity contribution is 5.95. The van der Waals surface area contributed by atoms with E-state index >= 15 is 0 Å². The lowest BCUT2D eigenvalue weighted by Crippen LogP contribution is -2.31. The van der Waals surface area contributed by atoms with Crippen molar-refractivity contribution in [1.29, 1.82) is 0 Å². The minimum absolute atomic E-state index is 0.0380. The summed E-state index contributed by atoms with van der Waals surface area (Å²) in [4.78, 5) is 25.1. The molecule has 0 fully saturated rings. The summed E-state index contributed by atoms with van der Waals surface area (Å²) in [6.45, 7) is 0. The van der Waals surface area contributed by atoms with Gasteiger partial charge in [-0.1, -0.05) is 54.6 Å². The van der Waals surface area contributed by atoms with Gasteiger partial charge in [0.25, 0.3) is 5.91 Å². The van der Waals surface area contributed by atoms with Gasteiger partial charge in [-0.15, -0.1) is 0 Å². The van der Waals surface area contributed by atoms with E-state index in [-0.39, 0.29) is 18.0 Å². The van der Waals surface area contributed by atoms with E-state index in [9.17, 15) is 22.8 Å². The van der Waals surface area contributed by atoms with Crippen LogP contribution in [0.2, 0.25) is 0 Å². The smallest absolute Gasteiger partial charge is 0.345 e. The van der Waals surface area contributed by atoms with Crippen molar-refractivity contribution < 1.29 is 22.8 Å². The Hall–Kier alpha value is -3.61. The van der Waals surface area contributed by atoms with Crippen LogP contribution >= 0.6 is 0 Å². The van der Waals surface area contributed by atoms with Crippen LogP contribution in [0.4, 0.5) is 18.9 Å². The van der Waals surface area contributed by atoms with Gasteiger partial charge in [0.15, 0.2) is 0 Å². The molecule has 30 heavy (non-hydrogen) atoms. The molecule has 0 saturated carbocycles. The van der Waals surface area contributed by atoms with E-state index < -0.39 is 23.7 Å². The number of rotatable bonds is 6. The molecular weight excluding hydrogens is 393 g/mol. The Morgan fingerprint density at radius 1 is 0.833 bits per heavy atom. The topological polar surface area (TPSA) is 58.2 Å². The van der Waals surface area contributed by atoms with E-state index in [0.29, 0.717) is 11.1 Å². The van der Waals surface area contributed by atoms with Gasteiger partial charge in [0.2, 0.25) is 5.91 Å². The first-order chi connectivity index (χ1) is 14.3. The van der Waals surface area contributed by atoms with Gasteiger partial charge in [0, 0.05) is 11.3 Å². The maximum Gasteiger partial charge on any atom is 0.416 e. The van der Waals surface area contributed by atoms with E-state index in [1.54, 1.807) is 54.6 Å². The summed E-state index contributed by atoms with van der Waals surface area (Å²) in [5, 5.41) is 5.30. The van der Waals surface area contributed by atoms with Gasteiger partial charge in [0.1, 0.15) is 0 Å². The Balaban J connectivity index is 1.75. The molecule has 1 atom stereocenters. The highest BCUT2D eigenvalue weighted by atomic mass is 19.4. The summed E-state index contributed by atoms with van der Waals surface area (Å²) in [5.41, 5.74) is 0.339. The number of amides is 2. The number of carbonyl (C=O) groups is 2. The van der Waals surface area contributed by atoms with Crippen molar-refractivity contribution in [3.8, 4) is 0 Å². The van der Waals surface area contributed by atoms with Crippen molar-refractivity contribution in [2.75, 3.05) is 5.32 Å². The molecule has 0 bridgehead atoms. The molecule has 0 aromatic heterocycles. The monoisotopic (exact) mass is 412 g/mol. The molecule has 1 unspecified atom stereocenters. The van der Waals surface area contributed by atoms with E-state index in [4.69, 9.17) is 0 Å². The Morgan fingerprint density at radius 3 is 2.10 bits per heavy atom. The summed E-state index contributed by atoms with van der Waals surface area (Å²) in [7, 11) is 0. The first-order valence-corrected chi connectivity index (χ1v) is 9.21. The number of nitrogens with one attached hydrogen (secondary N) is 2. The third-order valence-electron chi connectivity index (χ3n) is 4.41. The number of alkyl halides is 3. The Bertz CT molecular complexity index is 1010. The van der Waals surface area contributed by atoms with Gasteiger partial charge in [-0.25, -0.2) is 0 Å². The van der Waals surface area contributed by atoms with Gasteiger partial charge in [-0.05, 0) is 35.9 Å². The molecule has 0 aliphatic carbocycles. The fraction of sp³-hybridized carbons (Fsp3) is 0.130. The van der Waals surface area contributed by atoms with Crippen molar-refractivity contribution in [2.24, 2.45) is 0 Å². The third-order valence-corrected chi connectivity index (χ3v) is 4.41. The molecule has 154 valence electrons. The predicted octanol–water partition coefficient (Wildman–Crippen LogP) is 5.21. The quantitative estimate of drug-likeness (QED) is 0.584. The third kappa shape index (κ3) is 5.70. The van der Waals surface area contributed by atoms with Gasteiger partial charge in [0.05, 0.1) is 18.0 Å². The van der Waals surface area contributed by atoms with Crippen LogP contribution in [0.1, 0.15) is 33.9 Å². The molecule has 3 aromatic carbocycles. The van der Waals surface area contributed by atoms with E-state index in [1.807, 2.05) is 6.07 Å². The molecule has 0 spiro atoms. The molecule has 2 amide bonds. The van der Waals surface area contributed by atoms with E-state index in [1.165, 1.54) is 12.1 Å². The van der Waals surface area contributed by atoms with Crippen molar-refractivity contribution in [3.63, 3.8) is 0 Å². The average Bonchev–Trinajstić information content (AvgIpc) is 2.74. The van der Waals surface area contributed by atoms with Crippen LogP contribution in [0.5, 0.6) is 0 Å². The molecule has 0 saturated heterocycles. The zero-order chi connectivity index (χ0) is 21.6. The Labute approximate surface area is 171 Å². The van der Waals surface area contributed by atoms with Crippen molar-refractivity contribution in [3.05, 3.63) is 102 Å². The fourth-order valence-corrected chi connectivity index (χ4v) is 2.94. The number of halogens is 3. The zero-order valence-electron chi connectivity index (χ0n) is 15.8. The standard InChI is InChI=1S/C23H19F3N2O2/c24-23(25,26)18-12-7-13-19(14-18)27-21(29)15-20(16-8-3-1-4-9-16)28-22(30)17-10-5-2-6-11-17/h1-14,20H,15H2,(H,27,29)(H,28,30). The molecule has 7 heteroatoms. The molecule has 4 nitrogen and oxygen atoms in total. The zero-order valence-corrected chi connectivity index (χ0v) is 15.8. The maximum atomic E-state index is 12.9. The van der Waals surface area contributed by atoms with Crippen LogP contribution in [-0.2, 0) is 11.0 Å². The van der Waals surface area contributed by atoms with E-state index in [0.717, 1.165) is 12.1 Å². The summed E-state index contributed by atoms with van der Waals surface area (Å²) in [5.74, 6) is -0.868. The van der Waals surface area contributed by atoms with Gasteiger partial charge >= 0.3 is 6.18 Å². The predicted molar refractivity (Wildman–Crippen MR) is 108 cm³/mol. The molecule has 3 rings (SSSR count). The van der Waals surface area contributed by atoms with Crippen LogP contribution in [0.25, 0.3) is 0 Å². The Morgan fingerprint density at radius 2 is 1.47 bits per heavy atom. The van der Waals surface area contributed by atoms with Crippen LogP contribution in [0.3, 0.4) is 0 Å². The van der Waals surface area contributed by atoms with Crippen LogP contribution < -0.4 is 10.6 Å². The molecule has 3 aromatic rings. The average molecular weight is 412 g/mol. The SMILES string of the molecule is O=C(CC(NC(=O)c1ccccc1)c1ccccc1)Nc1cccc(C(F)(F)F)c1. The normalized spacial score (nSPS) is 12.1. The van der Waals surface area contributed by atoms with Crippen molar-refractivity contribution in [2.45, 2.75) is 18.6 Å². The van der Waals surface area contributed by atoms with Gasteiger partial charge < -0.3 is 10.6 Å². The second kappa shape index (κ2) is 9.26.